The lowest BCUT2D eigenvalue weighted by Gasteiger charge is -2.17. The van der Waals surface area contributed by atoms with Crippen LogP contribution in [0.15, 0.2) is 15.9 Å². The van der Waals surface area contributed by atoms with Crippen LogP contribution in [0.3, 0.4) is 0 Å². The number of thiophene rings is 1. The minimum absolute atomic E-state index is 0.0482. The molecule has 0 bridgehead atoms. The van der Waals surface area contributed by atoms with Crippen molar-refractivity contribution in [1.29, 1.82) is 0 Å². The van der Waals surface area contributed by atoms with Gasteiger partial charge in [-0.2, -0.15) is 0 Å². The first kappa shape index (κ1) is 13.6. The molecule has 17 heavy (non-hydrogen) atoms. The third-order valence-corrected chi connectivity index (χ3v) is 6.03. The third-order valence-electron chi connectivity index (χ3n) is 3.36. The van der Waals surface area contributed by atoms with E-state index in [2.05, 4.69) is 37.2 Å². The molecule has 1 N–H and O–H groups in total. The van der Waals surface area contributed by atoms with Gasteiger partial charge < -0.3 is 5.32 Å². The van der Waals surface area contributed by atoms with Gasteiger partial charge in [-0.25, -0.2) is 0 Å². The second-order valence-electron chi connectivity index (χ2n) is 4.41. The van der Waals surface area contributed by atoms with Gasteiger partial charge in [-0.05, 0) is 52.1 Å². The molecule has 2 unspecified atom stereocenters. The molecular formula is C12H15Br2NOS. The van der Waals surface area contributed by atoms with Crippen molar-refractivity contribution in [2.75, 3.05) is 11.9 Å². The molecule has 1 amide bonds. The first-order chi connectivity index (χ1) is 8.22. The number of halogens is 2. The number of carbonyl (C=O) groups excluding carboxylic acids is 1. The van der Waals surface area contributed by atoms with Gasteiger partial charge in [-0.15, -0.1) is 11.3 Å². The van der Waals surface area contributed by atoms with E-state index in [0.717, 1.165) is 27.1 Å². The van der Waals surface area contributed by atoms with E-state index in [4.69, 9.17) is 0 Å². The Morgan fingerprint density at radius 2 is 2.24 bits per heavy atom. The molecule has 2 rings (SSSR count). The monoisotopic (exact) mass is 379 g/mol. The maximum absolute atomic E-state index is 11.9. The molecule has 1 fully saturated rings. The summed E-state index contributed by atoms with van der Waals surface area (Å²) in [6.07, 6.45) is 3.82. The lowest BCUT2D eigenvalue weighted by molar-refractivity contribution is 0.0948. The van der Waals surface area contributed by atoms with Crippen molar-refractivity contribution in [2.45, 2.75) is 19.3 Å². The van der Waals surface area contributed by atoms with Gasteiger partial charge in [-0.3, -0.25) is 4.79 Å². The van der Waals surface area contributed by atoms with Crippen molar-refractivity contribution in [3.05, 3.63) is 20.8 Å². The Kier molecular flexibility index (Phi) is 5.06. The third kappa shape index (κ3) is 3.32. The Bertz CT molecular complexity index is 394. The highest BCUT2D eigenvalue weighted by Gasteiger charge is 2.26. The molecule has 1 aromatic heterocycles. The quantitative estimate of drug-likeness (QED) is 0.784. The maximum atomic E-state index is 11.9. The van der Waals surface area contributed by atoms with Crippen LogP contribution < -0.4 is 5.32 Å². The first-order valence-electron chi connectivity index (χ1n) is 5.79. The maximum Gasteiger partial charge on any atom is 0.262 e. The summed E-state index contributed by atoms with van der Waals surface area (Å²) in [5, 5.41) is 6.03. The average Bonchev–Trinajstić information content (AvgIpc) is 2.94. The summed E-state index contributed by atoms with van der Waals surface area (Å²) < 4.78 is 0.892. The molecule has 2 nitrogen and oxygen atoms in total. The highest BCUT2D eigenvalue weighted by molar-refractivity contribution is 9.10. The highest BCUT2D eigenvalue weighted by Crippen LogP contribution is 2.32. The molecule has 5 heteroatoms. The standard InChI is InChI=1S/C12H15Br2NOS/c13-6-8-2-1-3-9(8)7-15-12(16)11-10(14)4-5-17-11/h4-5,8-9H,1-3,6-7H2,(H,15,16). The molecule has 94 valence electrons. The molecule has 0 saturated heterocycles. The van der Waals surface area contributed by atoms with Gasteiger partial charge in [0.25, 0.3) is 5.91 Å². The van der Waals surface area contributed by atoms with E-state index in [0.29, 0.717) is 5.92 Å². The molecule has 1 aromatic rings. The fraction of sp³-hybridized carbons (Fsp3) is 0.583. The van der Waals surface area contributed by atoms with Crippen LogP contribution in [0.1, 0.15) is 28.9 Å². The van der Waals surface area contributed by atoms with E-state index in [1.807, 2.05) is 11.4 Å². The Balaban J connectivity index is 1.86. The number of alkyl halides is 1. The van der Waals surface area contributed by atoms with Gasteiger partial charge in [0, 0.05) is 16.3 Å². The van der Waals surface area contributed by atoms with E-state index < -0.39 is 0 Å². The summed E-state index contributed by atoms with van der Waals surface area (Å²) >= 11 is 8.42. The van der Waals surface area contributed by atoms with Gasteiger partial charge in [0.2, 0.25) is 0 Å². The van der Waals surface area contributed by atoms with Crippen LogP contribution in [0, 0.1) is 11.8 Å². The zero-order valence-corrected chi connectivity index (χ0v) is 13.4. The first-order valence-corrected chi connectivity index (χ1v) is 8.59. The fourth-order valence-corrected chi connectivity index (χ4v) is 4.67. The number of carbonyl (C=O) groups is 1. The van der Waals surface area contributed by atoms with Crippen LogP contribution in [-0.2, 0) is 0 Å². The Morgan fingerprint density at radius 3 is 2.88 bits per heavy atom. The largest absolute Gasteiger partial charge is 0.351 e. The Morgan fingerprint density at radius 1 is 1.47 bits per heavy atom. The van der Waals surface area contributed by atoms with E-state index >= 15 is 0 Å². The number of nitrogens with one attached hydrogen (secondary N) is 1. The summed E-state index contributed by atoms with van der Waals surface area (Å²) in [7, 11) is 0. The number of rotatable bonds is 4. The van der Waals surface area contributed by atoms with Gasteiger partial charge in [0.1, 0.15) is 4.88 Å². The summed E-state index contributed by atoms with van der Waals surface area (Å²) in [4.78, 5) is 12.7. The van der Waals surface area contributed by atoms with Crippen LogP contribution in [-0.4, -0.2) is 17.8 Å². The van der Waals surface area contributed by atoms with Gasteiger partial charge >= 0.3 is 0 Å². The summed E-state index contributed by atoms with van der Waals surface area (Å²) in [6.45, 7) is 0.805. The highest BCUT2D eigenvalue weighted by atomic mass is 79.9. The lowest BCUT2D eigenvalue weighted by atomic mass is 9.98. The summed E-state index contributed by atoms with van der Waals surface area (Å²) in [5.74, 6) is 1.41. The van der Waals surface area contributed by atoms with Crippen molar-refractivity contribution < 1.29 is 4.79 Å². The van der Waals surface area contributed by atoms with Gasteiger partial charge in [-0.1, -0.05) is 22.4 Å². The Hall–Kier alpha value is 0.130. The number of amides is 1. The predicted molar refractivity (Wildman–Crippen MR) is 79.0 cm³/mol. The zero-order valence-electron chi connectivity index (χ0n) is 9.42. The van der Waals surface area contributed by atoms with Crippen molar-refractivity contribution in [3.8, 4) is 0 Å². The van der Waals surface area contributed by atoms with Crippen molar-refractivity contribution in [1.82, 2.24) is 5.32 Å². The average molecular weight is 381 g/mol. The lowest BCUT2D eigenvalue weighted by Crippen LogP contribution is -2.30. The molecule has 0 spiro atoms. The topological polar surface area (TPSA) is 29.1 Å². The van der Waals surface area contributed by atoms with E-state index in [1.54, 1.807) is 0 Å². The van der Waals surface area contributed by atoms with Crippen molar-refractivity contribution in [3.63, 3.8) is 0 Å². The van der Waals surface area contributed by atoms with Crippen LogP contribution in [0.2, 0.25) is 0 Å². The molecular weight excluding hydrogens is 366 g/mol. The molecule has 0 aromatic carbocycles. The van der Waals surface area contributed by atoms with E-state index in [1.165, 1.54) is 30.6 Å². The summed E-state index contributed by atoms with van der Waals surface area (Å²) in [5.41, 5.74) is 0. The van der Waals surface area contributed by atoms with Crippen molar-refractivity contribution >= 4 is 49.1 Å². The van der Waals surface area contributed by atoms with Crippen LogP contribution in [0.25, 0.3) is 0 Å². The van der Waals surface area contributed by atoms with E-state index in [9.17, 15) is 4.79 Å². The molecule has 0 aliphatic heterocycles. The molecule has 2 atom stereocenters. The normalized spacial score (nSPS) is 23.9. The molecule has 1 aliphatic rings. The smallest absolute Gasteiger partial charge is 0.262 e. The number of hydrogen-bond acceptors (Lipinski definition) is 2. The van der Waals surface area contributed by atoms with Crippen molar-refractivity contribution in [2.24, 2.45) is 11.8 Å². The van der Waals surface area contributed by atoms with Gasteiger partial charge in [0.15, 0.2) is 0 Å². The predicted octanol–water partition coefficient (Wildman–Crippen LogP) is 4.05. The number of hydrogen-bond donors (Lipinski definition) is 1. The van der Waals surface area contributed by atoms with E-state index in [-0.39, 0.29) is 5.91 Å². The SMILES string of the molecule is O=C(NCC1CCCC1CBr)c1sccc1Br. The fourth-order valence-electron chi connectivity index (χ4n) is 2.35. The van der Waals surface area contributed by atoms with Crippen LogP contribution in [0.5, 0.6) is 0 Å². The molecule has 0 radical (unpaired) electrons. The minimum Gasteiger partial charge on any atom is -0.351 e. The molecule has 1 aliphatic carbocycles. The molecule has 1 saturated carbocycles. The zero-order chi connectivity index (χ0) is 12.3. The Labute approximate surface area is 122 Å². The second-order valence-corrected chi connectivity index (χ2v) is 6.83. The second kappa shape index (κ2) is 6.34. The van der Waals surface area contributed by atoms with Crippen LogP contribution >= 0.6 is 43.2 Å². The minimum atomic E-state index is 0.0482. The van der Waals surface area contributed by atoms with Crippen LogP contribution in [0.4, 0.5) is 0 Å². The summed E-state index contributed by atoms with van der Waals surface area (Å²) in [6, 6.07) is 1.91. The molecule has 1 heterocycles. The van der Waals surface area contributed by atoms with Gasteiger partial charge in [0.05, 0.1) is 0 Å².